The van der Waals surface area contributed by atoms with Gasteiger partial charge in [0.2, 0.25) is 0 Å². The lowest BCUT2D eigenvalue weighted by Gasteiger charge is -2.24. The number of nitrogens with zero attached hydrogens (tertiary/aromatic N) is 3. The van der Waals surface area contributed by atoms with Crippen LogP contribution in [0.4, 0.5) is 0 Å². The predicted molar refractivity (Wildman–Crippen MR) is 99.4 cm³/mol. The van der Waals surface area contributed by atoms with Gasteiger partial charge in [0.05, 0.1) is 5.52 Å². The van der Waals surface area contributed by atoms with Crippen LogP contribution in [-0.4, -0.2) is 47.9 Å². The Morgan fingerprint density at radius 3 is 2.67 bits per heavy atom. The largest absolute Gasteiger partial charge is 0.332 e. The van der Waals surface area contributed by atoms with Crippen molar-refractivity contribution in [1.29, 1.82) is 0 Å². The summed E-state index contributed by atoms with van der Waals surface area (Å²) in [5, 5.41) is 5.17. The van der Waals surface area contributed by atoms with Gasteiger partial charge in [0.15, 0.2) is 0 Å². The third kappa shape index (κ3) is 3.99. The maximum absolute atomic E-state index is 13.0. The van der Waals surface area contributed by atoms with Gasteiger partial charge in [0, 0.05) is 25.0 Å². The van der Waals surface area contributed by atoms with Crippen LogP contribution in [-0.2, 0) is 6.54 Å². The van der Waals surface area contributed by atoms with E-state index in [2.05, 4.69) is 21.3 Å². The number of fused-ring (bicyclic) bond motifs is 1. The smallest absolute Gasteiger partial charge is 0.272 e. The molecule has 0 fully saturated rings. The van der Waals surface area contributed by atoms with E-state index in [4.69, 9.17) is 0 Å². The molecule has 24 heavy (non-hydrogen) atoms. The molecule has 0 unspecified atom stereocenters. The van der Waals surface area contributed by atoms with Crippen molar-refractivity contribution in [2.24, 2.45) is 0 Å². The van der Waals surface area contributed by atoms with E-state index in [0.29, 0.717) is 18.8 Å². The predicted octanol–water partition coefficient (Wildman–Crippen LogP) is 3.50. The highest BCUT2D eigenvalue weighted by atomic mass is 32.1. The van der Waals surface area contributed by atoms with Crippen LogP contribution in [0.2, 0.25) is 0 Å². The summed E-state index contributed by atoms with van der Waals surface area (Å²) < 4.78 is 0. The Kier molecular flexibility index (Phi) is 5.23. The minimum atomic E-state index is -0.0196. The number of amides is 1. The molecule has 0 aliphatic carbocycles. The maximum atomic E-state index is 13.0. The summed E-state index contributed by atoms with van der Waals surface area (Å²) in [6.07, 6.45) is 0. The molecular weight excluding hydrogens is 318 g/mol. The maximum Gasteiger partial charge on any atom is 0.272 e. The molecular formula is C19H21N3OS. The van der Waals surface area contributed by atoms with Gasteiger partial charge in [-0.3, -0.25) is 4.79 Å². The van der Waals surface area contributed by atoms with Gasteiger partial charge in [-0.25, -0.2) is 4.98 Å². The van der Waals surface area contributed by atoms with Crippen LogP contribution in [0.15, 0.2) is 53.2 Å². The van der Waals surface area contributed by atoms with Crippen molar-refractivity contribution in [3.63, 3.8) is 0 Å². The van der Waals surface area contributed by atoms with E-state index in [1.165, 1.54) is 0 Å². The molecule has 0 aliphatic rings. The van der Waals surface area contributed by atoms with Crippen LogP contribution < -0.4 is 0 Å². The average Bonchev–Trinajstić information content (AvgIpc) is 3.10. The molecule has 2 aromatic heterocycles. The Labute approximate surface area is 146 Å². The lowest BCUT2D eigenvalue weighted by molar-refractivity contribution is 0.0726. The van der Waals surface area contributed by atoms with Gasteiger partial charge in [-0.2, -0.15) is 11.3 Å². The van der Waals surface area contributed by atoms with Gasteiger partial charge in [0.25, 0.3) is 5.91 Å². The molecule has 0 atom stereocenters. The van der Waals surface area contributed by atoms with Crippen molar-refractivity contribution in [2.45, 2.75) is 6.54 Å². The van der Waals surface area contributed by atoms with Crippen molar-refractivity contribution in [1.82, 2.24) is 14.8 Å². The average molecular weight is 339 g/mol. The molecule has 1 aromatic carbocycles. The molecule has 5 heteroatoms. The molecule has 0 aliphatic heterocycles. The topological polar surface area (TPSA) is 36.4 Å². The number of carbonyl (C=O) groups is 1. The molecule has 0 bridgehead atoms. The lowest BCUT2D eigenvalue weighted by Crippen LogP contribution is -2.36. The fourth-order valence-corrected chi connectivity index (χ4v) is 3.18. The molecule has 0 spiro atoms. The number of thiophene rings is 1. The first-order valence-corrected chi connectivity index (χ1v) is 8.88. The van der Waals surface area contributed by atoms with Crippen molar-refractivity contribution in [3.05, 3.63) is 64.5 Å². The Morgan fingerprint density at radius 2 is 1.92 bits per heavy atom. The molecule has 3 rings (SSSR count). The first-order valence-electron chi connectivity index (χ1n) is 7.94. The van der Waals surface area contributed by atoms with Crippen molar-refractivity contribution < 1.29 is 4.79 Å². The number of rotatable bonds is 6. The molecule has 0 saturated carbocycles. The molecule has 0 radical (unpaired) electrons. The van der Waals surface area contributed by atoms with Crippen LogP contribution in [0.5, 0.6) is 0 Å². The van der Waals surface area contributed by atoms with Gasteiger partial charge in [-0.1, -0.05) is 24.3 Å². The second-order valence-corrected chi connectivity index (χ2v) is 6.83. The van der Waals surface area contributed by atoms with E-state index in [1.807, 2.05) is 60.8 Å². The molecule has 2 heterocycles. The van der Waals surface area contributed by atoms with E-state index in [9.17, 15) is 4.79 Å². The first kappa shape index (κ1) is 16.6. The normalized spacial score (nSPS) is 11.1. The van der Waals surface area contributed by atoms with E-state index < -0.39 is 0 Å². The summed E-state index contributed by atoms with van der Waals surface area (Å²) >= 11 is 1.65. The van der Waals surface area contributed by atoms with Crippen molar-refractivity contribution in [2.75, 3.05) is 27.2 Å². The third-order valence-corrected chi connectivity index (χ3v) is 4.61. The van der Waals surface area contributed by atoms with Crippen molar-refractivity contribution in [3.8, 4) is 0 Å². The number of para-hydroxylation sites is 1. The summed E-state index contributed by atoms with van der Waals surface area (Å²) in [6, 6.07) is 13.7. The Balaban J connectivity index is 1.84. The van der Waals surface area contributed by atoms with E-state index in [1.54, 1.807) is 11.3 Å². The number of likely N-dealkylation sites (N-methyl/N-ethyl adjacent to an activating group) is 1. The summed E-state index contributed by atoms with van der Waals surface area (Å²) in [4.78, 5) is 21.5. The Bertz CT molecular complexity index is 814. The standard InChI is InChI=1S/C19H21N3OS/c1-21(2)10-11-22(13-15-9-12-24-14-15)19(23)18-8-7-16-5-3-4-6-17(16)20-18/h3-9,12,14H,10-11,13H2,1-2H3. The molecule has 4 nitrogen and oxygen atoms in total. The number of hydrogen-bond acceptors (Lipinski definition) is 4. The van der Waals surface area contributed by atoms with E-state index in [-0.39, 0.29) is 5.91 Å². The first-order chi connectivity index (χ1) is 11.6. The van der Waals surface area contributed by atoms with Gasteiger partial charge in [-0.15, -0.1) is 0 Å². The lowest BCUT2D eigenvalue weighted by atomic mass is 10.2. The number of carbonyl (C=O) groups excluding carboxylic acids is 1. The Morgan fingerprint density at radius 1 is 1.08 bits per heavy atom. The third-order valence-electron chi connectivity index (χ3n) is 3.88. The second-order valence-electron chi connectivity index (χ2n) is 6.05. The number of pyridine rings is 1. The monoisotopic (exact) mass is 339 g/mol. The van der Waals surface area contributed by atoms with E-state index in [0.717, 1.165) is 23.0 Å². The SMILES string of the molecule is CN(C)CCN(Cc1ccsc1)C(=O)c1ccc2ccccc2n1. The number of benzene rings is 1. The van der Waals surface area contributed by atoms with Crippen LogP contribution in [0, 0.1) is 0 Å². The summed E-state index contributed by atoms with van der Waals surface area (Å²) in [5.41, 5.74) is 2.52. The quantitative estimate of drug-likeness (QED) is 0.690. The van der Waals surface area contributed by atoms with Crippen LogP contribution in [0.25, 0.3) is 10.9 Å². The highest BCUT2D eigenvalue weighted by molar-refractivity contribution is 7.07. The van der Waals surface area contributed by atoms with E-state index >= 15 is 0 Å². The van der Waals surface area contributed by atoms with Crippen LogP contribution in [0.3, 0.4) is 0 Å². The van der Waals surface area contributed by atoms with Crippen LogP contribution in [0.1, 0.15) is 16.1 Å². The van der Waals surface area contributed by atoms with Gasteiger partial charge >= 0.3 is 0 Å². The highest BCUT2D eigenvalue weighted by Gasteiger charge is 2.18. The Hall–Kier alpha value is -2.24. The molecule has 124 valence electrons. The van der Waals surface area contributed by atoms with Crippen LogP contribution >= 0.6 is 11.3 Å². The fourth-order valence-electron chi connectivity index (χ4n) is 2.52. The molecule has 0 N–H and O–H groups in total. The summed E-state index contributed by atoms with van der Waals surface area (Å²) in [5.74, 6) is -0.0196. The van der Waals surface area contributed by atoms with Gasteiger partial charge in [0.1, 0.15) is 5.69 Å². The summed E-state index contributed by atoms with van der Waals surface area (Å²) in [7, 11) is 4.03. The zero-order valence-electron chi connectivity index (χ0n) is 14.0. The minimum absolute atomic E-state index is 0.0196. The fraction of sp³-hybridized carbons (Fsp3) is 0.263. The molecule has 0 saturated heterocycles. The number of hydrogen-bond donors (Lipinski definition) is 0. The number of aromatic nitrogens is 1. The minimum Gasteiger partial charge on any atom is -0.332 e. The zero-order chi connectivity index (χ0) is 16.9. The van der Waals surface area contributed by atoms with Gasteiger partial charge in [-0.05, 0) is 48.6 Å². The zero-order valence-corrected chi connectivity index (χ0v) is 14.8. The molecule has 1 amide bonds. The van der Waals surface area contributed by atoms with Crippen molar-refractivity contribution >= 4 is 28.1 Å². The highest BCUT2D eigenvalue weighted by Crippen LogP contribution is 2.15. The molecule has 3 aromatic rings. The van der Waals surface area contributed by atoms with Gasteiger partial charge < -0.3 is 9.80 Å². The summed E-state index contributed by atoms with van der Waals surface area (Å²) in [6.45, 7) is 2.12. The second kappa shape index (κ2) is 7.55.